The van der Waals surface area contributed by atoms with Crippen molar-refractivity contribution < 1.29 is 22.3 Å². The number of anilines is 3. The Hall–Kier alpha value is -4.25. The minimum atomic E-state index is -3.04. The predicted octanol–water partition coefficient (Wildman–Crippen LogP) is 5.40. The molecule has 4 aromatic rings. The van der Waals surface area contributed by atoms with Crippen molar-refractivity contribution in [2.75, 3.05) is 40.1 Å². The van der Waals surface area contributed by atoms with Gasteiger partial charge in [-0.15, -0.1) is 0 Å². The molecule has 0 aliphatic carbocycles. The molecule has 2 aliphatic rings. The third-order valence-corrected chi connectivity index (χ3v) is 9.18. The largest absolute Gasteiger partial charge is 0.438 e. The fourth-order valence-corrected chi connectivity index (χ4v) is 7.05. The molecule has 3 aromatic carbocycles. The molecular formula is C30H30FN5O4S. The lowest BCUT2D eigenvalue weighted by Gasteiger charge is -2.29. The van der Waals surface area contributed by atoms with Crippen LogP contribution in [0.1, 0.15) is 36.0 Å². The van der Waals surface area contributed by atoms with Gasteiger partial charge in [-0.1, -0.05) is 24.3 Å². The quantitative estimate of drug-likeness (QED) is 0.301. The summed E-state index contributed by atoms with van der Waals surface area (Å²) < 4.78 is 44.2. The van der Waals surface area contributed by atoms with E-state index in [0.717, 1.165) is 48.8 Å². The summed E-state index contributed by atoms with van der Waals surface area (Å²) in [5.74, 6) is 0.447. The van der Waals surface area contributed by atoms with Crippen molar-refractivity contribution in [3.8, 4) is 11.6 Å². The van der Waals surface area contributed by atoms with Gasteiger partial charge in [-0.25, -0.2) is 17.8 Å². The number of ether oxygens (including phenoxy) is 1. The van der Waals surface area contributed by atoms with Crippen molar-refractivity contribution in [3.63, 3.8) is 0 Å². The molecule has 212 valence electrons. The van der Waals surface area contributed by atoms with E-state index in [1.165, 1.54) is 12.1 Å². The number of aromatic nitrogens is 2. The Kier molecular flexibility index (Phi) is 7.44. The number of piperidine rings is 1. The van der Waals surface area contributed by atoms with Crippen LogP contribution < -0.4 is 20.3 Å². The van der Waals surface area contributed by atoms with Crippen LogP contribution in [0.2, 0.25) is 0 Å². The first kappa shape index (κ1) is 26.9. The molecule has 11 heteroatoms. The van der Waals surface area contributed by atoms with Gasteiger partial charge in [0.25, 0.3) is 5.91 Å². The monoisotopic (exact) mass is 575 g/mol. The minimum Gasteiger partial charge on any atom is -0.438 e. The molecule has 2 aliphatic heterocycles. The highest BCUT2D eigenvalue weighted by Gasteiger charge is 2.28. The number of fused-ring (bicyclic) bond motifs is 1. The number of amides is 1. The summed E-state index contributed by atoms with van der Waals surface area (Å²) >= 11 is 0. The van der Waals surface area contributed by atoms with Gasteiger partial charge in [0.1, 0.15) is 11.6 Å². The minimum absolute atomic E-state index is 0.0501. The molecule has 2 N–H and O–H groups in total. The van der Waals surface area contributed by atoms with Crippen LogP contribution in [0.15, 0.2) is 66.9 Å². The molecule has 6 rings (SSSR count). The molecule has 9 nitrogen and oxygen atoms in total. The van der Waals surface area contributed by atoms with E-state index in [1.807, 2.05) is 24.3 Å². The van der Waals surface area contributed by atoms with Crippen molar-refractivity contribution in [1.29, 1.82) is 0 Å². The summed E-state index contributed by atoms with van der Waals surface area (Å²) in [6, 6.07) is 16.8. The first-order valence-electron chi connectivity index (χ1n) is 13.7. The molecule has 41 heavy (non-hydrogen) atoms. The van der Waals surface area contributed by atoms with Crippen LogP contribution in [0, 0.1) is 5.82 Å². The maximum atomic E-state index is 14.5. The second kappa shape index (κ2) is 11.3. The van der Waals surface area contributed by atoms with E-state index in [0.29, 0.717) is 17.9 Å². The maximum Gasteiger partial charge on any atom is 0.255 e. The first-order valence-corrected chi connectivity index (χ1v) is 15.5. The summed E-state index contributed by atoms with van der Waals surface area (Å²) in [4.78, 5) is 24.0. The molecule has 1 unspecified atom stereocenters. The van der Waals surface area contributed by atoms with Gasteiger partial charge < -0.3 is 20.3 Å². The van der Waals surface area contributed by atoms with E-state index in [2.05, 4.69) is 25.5 Å². The lowest BCUT2D eigenvalue weighted by molar-refractivity contribution is 0.102. The molecular weight excluding hydrogens is 545 g/mol. The molecule has 2 fully saturated rings. The van der Waals surface area contributed by atoms with Crippen LogP contribution in [-0.2, 0) is 9.84 Å². The Balaban J connectivity index is 1.22. The van der Waals surface area contributed by atoms with Crippen molar-refractivity contribution in [2.45, 2.75) is 31.7 Å². The van der Waals surface area contributed by atoms with Crippen LogP contribution in [-0.4, -0.2) is 54.9 Å². The normalized spacial score (nSPS) is 18.3. The summed E-state index contributed by atoms with van der Waals surface area (Å²) in [5.41, 5.74) is 1.54. The number of hydrogen-bond acceptors (Lipinski definition) is 8. The van der Waals surface area contributed by atoms with Gasteiger partial charge in [0.15, 0.2) is 9.84 Å². The van der Waals surface area contributed by atoms with Gasteiger partial charge in [0.05, 0.1) is 11.5 Å². The third-order valence-electron chi connectivity index (χ3n) is 7.41. The zero-order valence-electron chi connectivity index (χ0n) is 22.3. The zero-order chi connectivity index (χ0) is 28.4. The van der Waals surface area contributed by atoms with Crippen molar-refractivity contribution >= 4 is 43.8 Å². The molecule has 3 heterocycles. The highest BCUT2D eigenvalue weighted by Crippen LogP contribution is 2.34. The van der Waals surface area contributed by atoms with Crippen molar-refractivity contribution in [1.82, 2.24) is 9.97 Å². The van der Waals surface area contributed by atoms with Gasteiger partial charge >= 0.3 is 0 Å². The molecule has 1 aromatic heterocycles. The van der Waals surface area contributed by atoms with E-state index in [1.54, 1.807) is 30.5 Å². The lowest BCUT2D eigenvalue weighted by Crippen LogP contribution is -2.29. The second-order valence-corrected chi connectivity index (χ2v) is 12.7. The van der Waals surface area contributed by atoms with Crippen molar-refractivity contribution in [3.05, 3.63) is 78.2 Å². The average molecular weight is 576 g/mol. The van der Waals surface area contributed by atoms with Gasteiger partial charge in [0.2, 0.25) is 11.8 Å². The van der Waals surface area contributed by atoms with E-state index in [-0.39, 0.29) is 34.9 Å². The van der Waals surface area contributed by atoms with Crippen LogP contribution in [0.3, 0.4) is 0 Å². The van der Waals surface area contributed by atoms with Crippen molar-refractivity contribution in [2.24, 2.45) is 0 Å². The maximum absolute atomic E-state index is 14.5. The number of nitrogens with zero attached hydrogens (tertiary/aromatic N) is 3. The Labute approximate surface area is 237 Å². The molecule has 0 bridgehead atoms. The fraction of sp³-hybridized carbons (Fsp3) is 0.300. The first-order chi connectivity index (χ1) is 19.8. The molecule has 0 radical (unpaired) electrons. The van der Waals surface area contributed by atoms with Crippen LogP contribution >= 0.6 is 0 Å². The van der Waals surface area contributed by atoms with E-state index < -0.39 is 21.6 Å². The Morgan fingerprint density at radius 2 is 1.80 bits per heavy atom. The van der Waals surface area contributed by atoms with Gasteiger partial charge in [-0.3, -0.25) is 4.79 Å². The topological polar surface area (TPSA) is 114 Å². The molecule has 2 saturated heterocycles. The van der Waals surface area contributed by atoms with E-state index >= 15 is 0 Å². The predicted molar refractivity (Wildman–Crippen MR) is 157 cm³/mol. The number of hydrogen-bond donors (Lipinski definition) is 2. The zero-order valence-corrected chi connectivity index (χ0v) is 23.2. The van der Waals surface area contributed by atoms with Gasteiger partial charge in [-0.2, -0.15) is 4.98 Å². The van der Waals surface area contributed by atoms with Gasteiger partial charge in [-0.05, 0) is 56.0 Å². The van der Waals surface area contributed by atoms with Crippen LogP contribution in [0.5, 0.6) is 11.6 Å². The summed E-state index contributed by atoms with van der Waals surface area (Å²) in [7, 11) is -3.04. The fourth-order valence-electron chi connectivity index (χ4n) is 5.38. The Morgan fingerprint density at radius 3 is 2.59 bits per heavy atom. The molecule has 0 spiro atoms. The number of benzene rings is 3. The molecule has 0 saturated carbocycles. The van der Waals surface area contributed by atoms with Crippen LogP contribution in [0.25, 0.3) is 10.8 Å². The number of halogens is 1. The number of nitrogens with one attached hydrogen (secondary N) is 2. The Bertz CT molecular complexity index is 1710. The smallest absolute Gasteiger partial charge is 0.255 e. The highest BCUT2D eigenvalue weighted by molar-refractivity contribution is 7.91. The number of carbonyl (C=O) groups excluding carboxylic acids is 1. The number of sulfone groups is 1. The summed E-state index contributed by atoms with van der Waals surface area (Å²) in [5, 5.41) is 7.51. The highest BCUT2D eigenvalue weighted by atomic mass is 32.2. The molecule has 1 amide bonds. The van der Waals surface area contributed by atoms with Gasteiger partial charge in [0, 0.05) is 59.1 Å². The lowest BCUT2D eigenvalue weighted by atomic mass is 10.1. The van der Waals surface area contributed by atoms with E-state index in [4.69, 9.17) is 4.74 Å². The Morgan fingerprint density at radius 1 is 1.00 bits per heavy atom. The average Bonchev–Trinajstić information content (AvgIpc) is 3.32. The summed E-state index contributed by atoms with van der Waals surface area (Å²) in [6.45, 7) is 1.70. The molecule has 1 atom stereocenters. The number of rotatable bonds is 7. The SMILES string of the molecule is O=C(Nc1ccc(Oc2ccnc(NC3CCS(=O)(=O)C3)n2)c2ccccc12)c1cc(F)cc(N2CCCCC2)c1. The van der Waals surface area contributed by atoms with E-state index in [9.17, 15) is 17.6 Å². The summed E-state index contributed by atoms with van der Waals surface area (Å²) in [6.07, 6.45) is 5.31. The standard InChI is InChI=1S/C30H30FN5O4S/c31-21-16-20(17-23(18-21)36-13-4-1-5-14-36)29(37)34-26-8-9-27(25-7-3-2-6-24(25)26)40-28-10-12-32-30(35-28)33-22-11-15-41(38,39)19-22/h2-3,6-10,12,16-18,22H,1,4-5,11,13-15,19H2,(H,34,37)(H,32,33,35). The third kappa shape index (κ3) is 6.25. The second-order valence-electron chi connectivity index (χ2n) is 10.4. The van der Waals surface area contributed by atoms with Crippen LogP contribution in [0.4, 0.5) is 21.7 Å². The number of carbonyl (C=O) groups is 1.